The number of nitrogens with one attached hydrogen (secondary N) is 1. The van der Waals surface area contributed by atoms with Gasteiger partial charge in [-0.25, -0.2) is 4.98 Å². The Morgan fingerprint density at radius 2 is 2.00 bits per heavy atom. The van der Waals surface area contributed by atoms with Gasteiger partial charge in [0.05, 0.1) is 22.3 Å². The van der Waals surface area contributed by atoms with E-state index in [-0.39, 0.29) is 10.8 Å². The van der Waals surface area contributed by atoms with Gasteiger partial charge in [-0.2, -0.15) is 18.3 Å². The molecule has 0 atom stereocenters. The smallest absolute Gasteiger partial charge is 0.383 e. The molecule has 27 heavy (non-hydrogen) atoms. The molecule has 3 aromatic heterocycles. The van der Waals surface area contributed by atoms with Crippen molar-refractivity contribution >= 4 is 23.2 Å². The summed E-state index contributed by atoms with van der Waals surface area (Å²) in [5, 5.41) is 15.1. The van der Waals surface area contributed by atoms with Crippen LogP contribution in [0.5, 0.6) is 0 Å². The van der Waals surface area contributed by atoms with E-state index in [2.05, 4.69) is 25.6 Å². The molecule has 3 heterocycles. The molecule has 0 aliphatic carbocycles. The first-order chi connectivity index (χ1) is 12.7. The number of halogens is 4. The van der Waals surface area contributed by atoms with Gasteiger partial charge in [-0.1, -0.05) is 11.6 Å². The van der Waals surface area contributed by atoms with Crippen LogP contribution in [0.2, 0.25) is 5.02 Å². The van der Waals surface area contributed by atoms with Crippen molar-refractivity contribution in [3.63, 3.8) is 0 Å². The number of nitrogens with two attached hydrogens (primary N) is 1. The van der Waals surface area contributed by atoms with E-state index in [1.165, 1.54) is 4.68 Å². The fourth-order valence-corrected chi connectivity index (χ4v) is 2.71. The third-order valence-electron chi connectivity index (χ3n) is 3.96. The molecule has 8 nitrogen and oxygen atoms in total. The maximum Gasteiger partial charge on any atom is 0.417 e. The number of pyridine rings is 1. The second-order valence-corrected chi connectivity index (χ2v) is 6.18. The molecule has 0 bridgehead atoms. The molecule has 0 aliphatic heterocycles. The van der Waals surface area contributed by atoms with Crippen LogP contribution in [0.25, 0.3) is 11.4 Å². The van der Waals surface area contributed by atoms with E-state index in [4.69, 9.17) is 17.3 Å². The molecule has 3 aromatic rings. The predicted molar refractivity (Wildman–Crippen MR) is 94.1 cm³/mol. The topological polar surface area (TPSA) is 99.5 Å². The number of anilines is 2. The summed E-state index contributed by atoms with van der Waals surface area (Å²) < 4.78 is 41.3. The molecule has 0 spiro atoms. The van der Waals surface area contributed by atoms with Gasteiger partial charge in [-0.3, -0.25) is 4.68 Å². The molecular weight excluding hydrogens is 385 g/mol. The minimum atomic E-state index is -4.49. The van der Waals surface area contributed by atoms with Gasteiger partial charge in [-0.05, 0) is 13.0 Å². The Morgan fingerprint density at radius 3 is 2.59 bits per heavy atom. The summed E-state index contributed by atoms with van der Waals surface area (Å²) in [6.07, 6.45) is -2.16. The standard InChI is InChI=1S/C15H16ClF3N8/c1-8-24-25-14(10-7-23-26(2)12(10)20)27(8)4-3-21-13-11(16)5-9(6-22-13)15(17,18)19/h5-7H,3-4,20H2,1-2H3,(H,21,22). The molecule has 0 saturated carbocycles. The summed E-state index contributed by atoms with van der Waals surface area (Å²) in [7, 11) is 1.71. The lowest BCUT2D eigenvalue weighted by Crippen LogP contribution is -2.14. The highest BCUT2D eigenvalue weighted by Crippen LogP contribution is 2.32. The van der Waals surface area contributed by atoms with Crippen LogP contribution in [0.4, 0.5) is 24.8 Å². The van der Waals surface area contributed by atoms with E-state index >= 15 is 0 Å². The van der Waals surface area contributed by atoms with Crippen LogP contribution < -0.4 is 11.1 Å². The van der Waals surface area contributed by atoms with Crippen LogP contribution in [0.1, 0.15) is 11.4 Å². The zero-order valence-electron chi connectivity index (χ0n) is 14.4. The Labute approximate surface area is 157 Å². The van der Waals surface area contributed by atoms with Gasteiger partial charge in [0.2, 0.25) is 0 Å². The van der Waals surface area contributed by atoms with Crippen molar-refractivity contribution in [2.45, 2.75) is 19.6 Å². The number of rotatable bonds is 5. The highest BCUT2D eigenvalue weighted by molar-refractivity contribution is 6.32. The zero-order valence-corrected chi connectivity index (χ0v) is 15.2. The largest absolute Gasteiger partial charge is 0.417 e. The van der Waals surface area contributed by atoms with Crippen molar-refractivity contribution < 1.29 is 13.2 Å². The van der Waals surface area contributed by atoms with E-state index in [1.54, 1.807) is 20.2 Å². The third kappa shape index (κ3) is 3.82. The van der Waals surface area contributed by atoms with Gasteiger partial charge in [0, 0.05) is 26.3 Å². The van der Waals surface area contributed by atoms with Gasteiger partial charge in [0.15, 0.2) is 5.82 Å². The van der Waals surface area contributed by atoms with Crippen LogP contribution in [-0.4, -0.2) is 36.1 Å². The van der Waals surface area contributed by atoms with Crippen molar-refractivity contribution in [1.82, 2.24) is 29.5 Å². The molecule has 12 heteroatoms. The fraction of sp³-hybridized carbons (Fsp3) is 0.333. The molecule has 0 radical (unpaired) electrons. The van der Waals surface area contributed by atoms with Crippen LogP contribution in [0.15, 0.2) is 18.5 Å². The summed E-state index contributed by atoms with van der Waals surface area (Å²) in [6, 6.07) is 0.836. The number of aryl methyl sites for hydroxylation is 2. The summed E-state index contributed by atoms with van der Waals surface area (Å²) >= 11 is 5.89. The molecule has 0 aromatic carbocycles. The summed E-state index contributed by atoms with van der Waals surface area (Å²) in [5.74, 6) is 1.81. The molecule has 0 fully saturated rings. The Bertz CT molecular complexity index is 963. The lowest BCUT2D eigenvalue weighted by atomic mass is 10.3. The number of nitrogen functional groups attached to an aromatic ring is 1. The first kappa shape index (κ1) is 19.0. The maximum absolute atomic E-state index is 12.7. The Kier molecular flexibility index (Phi) is 4.96. The minimum absolute atomic E-state index is 0.109. The fourth-order valence-electron chi connectivity index (χ4n) is 2.48. The quantitative estimate of drug-likeness (QED) is 0.683. The number of alkyl halides is 3. The van der Waals surface area contributed by atoms with Gasteiger partial charge < -0.3 is 15.6 Å². The minimum Gasteiger partial charge on any atom is -0.383 e. The van der Waals surface area contributed by atoms with Crippen molar-refractivity contribution in [3.8, 4) is 11.4 Å². The molecule has 144 valence electrons. The number of aromatic nitrogens is 6. The Balaban J connectivity index is 1.74. The number of hydrogen-bond donors (Lipinski definition) is 2. The molecule has 0 amide bonds. The average Bonchev–Trinajstić information content (AvgIpc) is 3.11. The second kappa shape index (κ2) is 7.06. The molecule has 0 aliphatic rings. The summed E-state index contributed by atoms with van der Waals surface area (Å²) in [5.41, 5.74) is 5.73. The molecule has 0 unspecified atom stereocenters. The normalized spacial score (nSPS) is 11.8. The van der Waals surface area contributed by atoms with Crippen molar-refractivity contribution in [2.75, 3.05) is 17.6 Å². The maximum atomic E-state index is 12.7. The highest BCUT2D eigenvalue weighted by atomic mass is 35.5. The predicted octanol–water partition coefficient (Wildman–Crippen LogP) is 2.75. The van der Waals surface area contributed by atoms with E-state index in [9.17, 15) is 13.2 Å². The summed E-state index contributed by atoms with van der Waals surface area (Å²) in [6.45, 7) is 2.54. The lowest BCUT2D eigenvalue weighted by molar-refractivity contribution is -0.137. The first-order valence-corrected chi connectivity index (χ1v) is 8.20. The molecule has 3 N–H and O–H groups in total. The van der Waals surface area contributed by atoms with Crippen LogP contribution in [0, 0.1) is 6.92 Å². The van der Waals surface area contributed by atoms with Gasteiger partial charge in [0.25, 0.3) is 0 Å². The van der Waals surface area contributed by atoms with E-state index < -0.39 is 11.7 Å². The highest BCUT2D eigenvalue weighted by Gasteiger charge is 2.31. The van der Waals surface area contributed by atoms with Crippen molar-refractivity contribution in [1.29, 1.82) is 0 Å². The lowest BCUT2D eigenvalue weighted by Gasteiger charge is -2.12. The Morgan fingerprint density at radius 1 is 1.26 bits per heavy atom. The van der Waals surface area contributed by atoms with Crippen molar-refractivity contribution in [3.05, 3.63) is 34.9 Å². The van der Waals surface area contributed by atoms with E-state index in [1.807, 2.05) is 4.57 Å². The van der Waals surface area contributed by atoms with Crippen LogP contribution >= 0.6 is 11.6 Å². The Hall–Kier alpha value is -2.82. The molecule has 0 saturated heterocycles. The monoisotopic (exact) mass is 400 g/mol. The number of nitrogens with zero attached hydrogens (tertiary/aromatic N) is 6. The first-order valence-electron chi connectivity index (χ1n) is 7.82. The van der Waals surface area contributed by atoms with E-state index in [0.717, 1.165) is 12.3 Å². The number of hydrogen-bond acceptors (Lipinski definition) is 6. The van der Waals surface area contributed by atoms with Crippen molar-refractivity contribution in [2.24, 2.45) is 7.05 Å². The van der Waals surface area contributed by atoms with Gasteiger partial charge in [0.1, 0.15) is 17.5 Å². The molecular formula is C15H16ClF3N8. The van der Waals surface area contributed by atoms with Gasteiger partial charge in [-0.15, -0.1) is 10.2 Å². The third-order valence-corrected chi connectivity index (χ3v) is 4.25. The second-order valence-electron chi connectivity index (χ2n) is 5.77. The summed E-state index contributed by atoms with van der Waals surface area (Å²) in [4.78, 5) is 3.75. The van der Waals surface area contributed by atoms with E-state index in [0.29, 0.717) is 36.1 Å². The average molecular weight is 401 g/mol. The molecule has 3 rings (SSSR count). The van der Waals surface area contributed by atoms with Crippen LogP contribution in [-0.2, 0) is 19.8 Å². The van der Waals surface area contributed by atoms with Gasteiger partial charge >= 0.3 is 6.18 Å². The van der Waals surface area contributed by atoms with Crippen LogP contribution in [0.3, 0.4) is 0 Å². The zero-order chi connectivity index (χ0) is 19.8. The SMILES string of the molecule is Cc1nnc(-c2cnn(C)c2N)n1CCNc1ncc(C(F)(F)F)cc1Cl.